The van der Waals surface area contributed by atoms with Crippen molar-refractivity contribution in [3.63, 3.8) is 0 Å². The van der Waals surface area contributed by atoms with Crippen LogP contribution in [0.4, 0.5) is 0 Å². The number of halogens is 2. The Kier molecular flexibility index (Phi) is 2.73. The van der Waals surface area contributed by atoms with Gasteiger partial charge >= 0.3 is 0 Å². The van der Waals surface area contributed by atoms with Crippen LogP contribution in [0.3, 0.4) is 0 Å². The number of aryl methyl sites for hydroxylation is 1. The summed E-state index contributed by atoms with van der Waals surface area (Å²) in [4.78, 5) is 0. The molecule has 14 heavy (non-hydrogen) atoms. The summed E-state index contributed by atoms with van der Waals surface area (Å²) in [5, 5.41) is 8.31. The third-order valence-electron chi connectivity index (χ3n) is 1.82. The molecule has 0 spiro atoms. The lowest BCUT2D eigenvalue weighted by molar-refractivity contribution is 0.537. The van der Waals surface area contributed by atoms with E-state index in [2.05, 4.69) is 10.2 Å². The number of hydrogen-bond donors (Lipinski definition) is 0. The van der Waals surface area contributed by atoms with Gasteiger partial charge in [0.1, 0.15) is 0 Å². The predicted octanol–water partition coefficient (Wildman–Crippen LogP) is 3.30. The molecule has 72 valence electrons. The molecule has 0 atom stereocenters. The first kappa shape index (κ1) is 9.92. The lowest BCUT2D eigenvalue weighted by Gasteiger charge is -2.00. The van der Waals surface area contributed by atoms with Crippen LogP contribution in [0.1, 0.15) is 5.56 Å². The van der Waals surface area contributed by atoms with E-state index in [1.807, 2.05) is 47.7 Å². The number of rotatable bonds is 1. The van der Waals surface area contributed by atoms with E-state index in [4.69, 9.17) is 16.0 Å². The van der Waals surface area contributed by atoms with E-state index < -0.39 is 0 Å². The molecule has 1 aromatic heterocycles. The Labute approximate surface area is 99.6 Å². The molecule has 0 aliphatic heterocycles. The van der Waals surface area contributed by atoms with Crippen molar-refractivity contribution < 1.29 is 4.42 Å². The zero-order chi connectivity index (χ0) is 10.1. The summed E-state index contributed by atoms with van der Waals surface area (Å²) in [6, 6.07) is 5.71. The fraction of sp³-hybridized carbons (Fsp3) is 0.111. The first-order valence-electron chi connectivity index (χ1n) is 3.93. The average molecular weight is 321 g/mol. The molecule has 0 N–H and O–H groups in total. The molecule has 2 rings (SSSR count). The summed E-state index contributed by atoms with van der Waals surface area (Å²) in [6.45, 7) is 1.94. The normalized spacial score (nSPS) is 10.5. The maximum absolute atomic E-state index is 6.11. The van der Waals surface area contributed by atoms with E-state index >= 15 is 0 Å². The quantitative estimate of drug-likeness (QED) is 0.757. The van der Waals surface area contributed by atoms with Crippen molar-refractivity contribution in [3.8, 4) is 11.5 Å². The summed E-state index contributed by atoms with van der Waals surface area (Å²) < 4.78 is 5.79. The number of aromatic nitrogens is 2. The van der Waals surface area contributed by atoms with Gasteiger partial charge in [-0.3, -0.25) is 0 Å². The Balaban J connectivity index is 2.57. The van der Waals surface area contributed by atoms with Crippen LogP contribution in [-0.2, 0) is 0 Å². The van der Waals surface area contributed by atoms with Crippen molar-refractivity contribution in [2.24, 2.45) is 0 Å². The summed E-state index contributed by atoms with van der Waals surface area (Å²) in [5.74, 6) is 0.461. The lowest BCUT2D eigenvalue weighted by Crippen LogP contribution is -1.82. The van der Waals surface area contributed by atoms with Crippen LogP contribution < -0.4 is 0 Å². The zero-order valence-electron chi connectivity index (χ0n) is 7.29. The Bertz CT molecular complexity index is 470. The van der Waals surface area contributed by atoms with E-state index in [9.17, 15) is 0 Å². The maximum atomic E-state index is 6.11. The molecule has 1 heterocycles. The second kappa shape index (κ2) is 3.86. The van der Waals surface area contributed by atoms with Crippen LogP contribution in [-0.4, -0.2) is 10.2 Å². The highest BCUT2D eigenvalue weighted by Crippen LogP contribution is 2.29. The molecule has 0 aliphatic rings. The monoisotopic (exact) mass is 320 g/mol. The highest BCUT2D eigenvalue weighted by molar-refractivity contribution is 14.1. The van der Waals surface area contributed by atoms with Gasteiger partial charge in [0.25, 0.3) is 3.90 Å². The van der Waals surface area contributed by atoms with Crippen molar-refractivity contribution in [2.45, 2.75) is 6.92 Å². The minimum Gasteiger partial charge on any atom is -0.412 e. The second-order valence-electron chi connectivity index (χ2n) is 2.80. The Morgan fingerprint density at radius 2 is 2.14 bits per heavy atom. The molecular formula is C9H6ClIN2O. The zero-order valence-corrected chi connectivity index (χ0v) is 10.2. The standard InChI is InChI=1S/C9H6ClIN2O/c1-5-3-2-4-6(7(5)10)8-12-13-9(11)14-8/h2-4H,1H3. The van der Waals surface area contributed by atoms with Crippen LogP contribution in [0.2, 0.25) is 5.02 Å². The first-order valence-corrected chi connectivity index (χ1v) is 5.38. The van der Waals surface area contributed by atoms with Crippen LogP contribution in [0.15, 0.2) is 22.6 Å². The maximum Gasteiger partial charge on any atom is 0.278 e. The molecule has 0 fully saturated rings. The molecular weight excluding hydrogens is 314 g/mol. The minimum atomic E-state index is 0.461. The van der Waals surface area contributed by atoms with Gasteiger partial charge in [0.15, 0.2) is 0 Å². The second-order valence-corrected chi connectivity index (χ2v) is 4.10. The number of hydrogen-bond acceptors (Lipinski definition) is 3. The van der Waals surface area contributed by atoms with Crippen molar-refractivity contribution in [2.75, 3.05) is 0 Å². The van der Waals surface area contributed by atoms with Gasteiger partial charge in [-0.1, -0.05) is 23.7 Å². The molecule has 0 saturated carbocycles. The summed E-state index contributed by atoms with van der Waals surface area (Å²) >= 11 is 8.07. The smallest absolute Gasteiger partial charge is 0.278 e. The number of nitrogens with zero attached hydrogens (tertiary/aromatic N) is 2. The molecule has 0 unspecified atom stereocenters. The molecule has 0 amide bonds. The SMILES string of the molecule is Cc1cccc(-c2nnc(I)o2)c1Cl. The fourth-order valence-electron chi connectivity index (χ4n) is 1.13. The summed E-state index contributed by atoms with van der Waals surface area (Å²) in [7, 11) is 0. The van der Waals surface area contributed by atoms with E-state index in [1.54, 1.807) is 0 Å². The van der Waals surface area contributed by atoms with E-state index in [0.29, 0.717) is 14.8 Å². The van der Waals surface area contributed by atoms with Crippen molar-refractivity contribution in [1.82, 2.24) is 10.2 Å². The van der Waals surface area contributed by atoms with Crippen LogP contribution in [0.5, 0.6) is 0 Å². The molecule has 1 aromatic carbocycles. The topological polar surface area (TPSA) is 38.9 Å². The minimum absolute atomic E-state index is 0.461. The molecule has 3 nitrogen and oxygen atoms in total. The highest BCUT2D eigenvalue weighted by atomic mass is 127. The van der Waals surface area contributed by atoms with Gasteiger partial charge < -0.3 is 4.42 Å². The third-order valence-corrected chi connectivity index (χ3v) is 2.76. The van der Waals surface area contributed by atoms with Gasteiger partial charge in [-0.05, 0) is 18.6 Å². The molecule has 0 saturated heterocycles. The van der Waals surface area contributed by atoms with Crippen molar-refractivity contribution in [1.29, 1.82) is 0 Å². The van der Waals surface area contributed by atoms with E-state index in [1.165, 1.54) is 0 Å². The van der Waals surface area contributed by atoms with Gasteiger partial charge in [-0.15, -0.1) is 10.2 Å². The molecule has 2 aromatic rings. The van der Waals surface area contributed by atoms with Gasteiger partial charge in [-0.2, -0.15) is 0 Å². The molecule has 5 heteroatoms. The molecule has 0 bridgehead atoms. The van der Waals surface area contributed by atoms with Crippen LogP contribution in [0.25, 0.3) is 11.5 Å². The van der Waals surface area contributed by atoms with Crippen molar-refractivity contribution in [3.05, 3.63) is 32.7 Å². The van der Waals surface area contributed by atoms with Crippen LogP contribution in [0, 0.1) is 10.8 Å². The fourth-order valence-corrected chi connectivity index (χ4v) is 1.65. The van der Waals surface area contributed by atoms with Gasteiger partial charge in [0.05, 0.1) is 10.6 Å². The van der Waals surface area contributed by atoms with Crippen molar-refractivity contribution >= 4 is 34.2 Å². The number of benzene rings is 1. The average Bonchev–Trinajstić information content (AvgIpc) is 2.57. The lowest BCUT2D eigenvalue weighted by atomic mass is 10.1. The summed E-state index contributed by atoms with van der Waals surface area (Å²) in [5.41, 5.74) is 1.78. The Morgan fingerprint density at radius 1 is 1.36 bits per heavy atom. The molecule has 0 aliphatic carbocycles. The largest absolute Gasteiger partial charge is 0.412 e. The first-order chi connectivity index (χ1) is 6.68. The highest BCUT2D eigenvalue weighted by Gasteiger charge is 2.11. The summed E-state index contributed by atoms with van der Waals surface area (Å²) in [6.07, 6.45) is 0. The Morgan fingerprint density at radius 3 is 2.79 bits per heavy atom. The molecule has 0 radical (unpaired) electrons. The van der Waals surface area contributed by atoms with Gasteiger partial charge in [0, 0.05) is 22.6 Å². The Hall–Kier alpha value is -0.620. The van der Waals surface area contributed by atoms with E-state index in [-0.39, 0.29) is 0 Å². The predicted molar refractivity (Wildman–Crippen MR) is 62.2 cm³/mol. The van der Waals surface area contributed by atoms with Crippen LogP contribution >= 0.6 is 34.2 Å². The van der Waals surface area contributed by atoms with Gasteiger partial charge in [-0.25, -0.2) is 0 Å². The van der Waals surface area contributed by atoms with E-state index in [0.717, 1.165) is 11.1 Å². The van der Waals surface area contributed by atoms with Gasteiger partial charge in [0.2, 0.25) is 5.89 Å². The third kappa shape index (κ3) is 1.76.